The number of aryl methyl sites for hydroxylation is 2. The summed E-state index contributed by atoms with van der Waals surface area (Å²) in [4.78, 5) is 18.1. The number of hydrogen-bond donors (Lipinski definition) is 2. The Bertz CT molecular complexity index is 625. The highest BCUT2D eigenvalue weighted by Gasteiger charge is 2.13. The predicted molar refractivity (Wildman–Crippen MR) is 99.3 cm³/mol. The summed E-state index contributed by atoms with van der Waals surface area (Å²) < 4.78 is 1.56. The van der Waals surface area contributed by atoms with Crippen molar-refractivity contribution in [1.29, 1.82) is 0 Å². The van der Waals surface area contributed by atoms with E-state index in [1.54, 1.807) is 16.0 Å². The summed E-state index contributed by atoms with van der Waals surface area (Å²) in [6, 6.07) is 0. The van der Waals surface area contributed by atoms with Crippen molar-refractivity contribution in [2.24, 2.45) is 0 Å². The lowest BCUT2D eigenvalue weighted by Gasteiger charge is -2.06. The molecule has 0 spiro atoms. The predicted octanol–water partition coefficient (Wildman–Crippen LogP) is 3.14. The number of anilines is 1. The fourth-order valence-electron chi connectivity index (χ4n) is 3.08. The Balaban J connectivity index is 1.56. The van der Waals surface area contributed by atoms with Gasteiger partial charge in [0, 0.05) is 4.88 Å². The number of fused-ring (bicyclic) bond motifs is 1. The molecule has 0 aromatic carbocycles. The maximum atomic E-state index is 12.1. The van der Waals surface area contributed by atoms with E-state index in [-0.39, 0.29) is 12.5 Å². The van der Waals surface area contributed by atoms with Crippen LogP contribution < -0.4 is 10.7 Å². The maximum absolute atomic E-state index is 12.1. The van der Waals surface area contributed by atoms with Crippen LogP contribution in [0.25, 0.3) is 0 Å². The fraction of sp³-hybridized carbons (Fsp3) is 0.647. The van der Waals surface area contributed by atoms with Crippen LogP contribution in [0.4, 0.5) is 5.13 Å². The van der Waals surface area contributed by atoms with E-state index in [1.807, 2.05) is 0 Å². The lowest BCUT2D eigenvalue weighted by Crippen LogP contribution is -2.26. The summed E-state index contributed by atoms with van der Waals surface area (Å²) in [5.41, 5.74) is 4.10. The molecule has 0 aliphatic heterocycles. The second-order valence-corrected chi connectivity index (χ2v) is 7.55. The first-order chi connectivity index (χ1) is 12.3. The fourth-order valence-corrected chi connectivity index (χ4v) is 4.14. The Kier molecular flexibility index (Phi) is 6.79. The largest absolute Gasteiger partial charge is 0.314 e. The second-order valence-electron chi connectivity index (χ2n) is 6.47. The molecule has 3 rings (SSSR count). The van der Waals surface area contributed by atoms with E-state index in [1.165, 1.54) is 74.6 Å². The number of hydrogen-bond acceptors (Lipinski definition) is 6. The molecule has 0 unspecified atom stereocenters. The Labute approximate surface area is 152 Å². The van der Waals surface area contributed by atoms with Gasteiger partial charge < -0.3 is 10.7 Å². The Morgan fingerprint density at radius 1 is 1.00 bits per heavy atom. The van der Waals surface area contributed by atoms with E-state index in [2.05, 4.69) is 20.9 Å². The van der Waals surface area contributed by atoms with Gasteiger partial charge in [0.15, 0.2) is 5.13 Å². The van der Waals surface area contributed by atoms with Crippen LogP contribution in [0.2, 0.25) is 0 Å². The van der Waals surface area contributed by atoms with Crippen LogP contribution in [0.1, 0.15) is 61.9 Å². The molecule has 2 heterocycles. The Hall–Kier alpha value is -1.96. The minimum atomic E-state index is -0.113. The Morgan fingerprint density at radius 2 is 1.64 bits per heavy atom. The molecule has 2 N–H and O–H groups in total. The van der Waals surface area contributed by atoms with Crippen molar-refractivity contribution in [3.63, 3.8) is 0 Å². The molecule has 0 saturated heterocycles. The molecule has 2 aromatic heterocycles. The maximum Gasteiger partial charge on any atom is 0.247 e. The van der Waals surface area contributed by atoms with Gasteiger partial charge in [0.25, 0.3) is 0 Å². The van der Waals surface area contributed by atoms with Gasteiger partial charge in [0.1, 0.15) is 19.2 Å². The van der Waals surface area contributed by atoms with E-state index in [0.717, 1.165) is 18.0 Å². The number of carbonyl (C=O) groups is 1. The molecule has 1 amide bonds. The van der Waals surface area contributed by atoms with Crippen LogP contribution in [-0.4, -0.2) is 32.3 Å². The lowest BCUT2D eigenvalue weighted by molar-refractivity contribution is -0.114. The molecule has 0 bridgehead atoms. The zero-order valence-electron chi connectivity index (χ0n) is 14.5. The minimum absolute atomic E-state index is 0.113. The number of nitrogens with one attached hydrogen (secondary N) is 2. The highest BCUT2D eigenvalue weighted by atomic mass is 32.1. The third-order valence-electron chi connectivity index (χ3n) is 4.43. The van der Waals surface area contributed by atoms with Crippen molar-refractivity contribution in [1.82, 2.24) is 19.9 Å². The number of aromatic nitrogens is 4. The molecule has 7 nitrogen and oxygen atoms in total. The van der Waals surface area contributed by atoms with Gasteiger partial charge in [-0.15, -0.1) is 21.5 Å². The van der Waals surface area contributed by atoms with Crippen LogP contribution >= 0.6 is 11.3 Å². The molecule has 8 heteroatoms. The molecule has 0 fully saturated rings. The third-order valence-corrected chi connectivity index (χ3v) is 5.51. The molecule has 25 heavy (non-hydrogen) atoms. The van der Waals surface area contributed by atoms with E-state index < -0.39 is 0 Å². The summed E-state index contributed by atoms with van der Waals surface area (Å²) >= 11 is 1.64. The minimum Gasteiger partial charge on any atom is -0.314 e. The molecule has 1 aliphatic rings. The van der Waals surface area contributed by atoms with Crippen LogP contribution in [0.5, 0.6) is 0 Å². The van der Waals surface area contributed by atoms with Gasteiger partial charge in [0.2, 0.25) is 5.91 Å². The summed E-state index contributed by atoms with van der Waals surface area (Å²) in [6.07, 6.45) is 15.5. The van der Waals surface area contributed by atoms with Crippen molar-refractivity contribution < 1.29 is 4.79 Å². The van der Waals surface area contributed by atoms with Crippen LogP contribution in [0.15, 0.2) is 12.7 Å². The molecule has 1 aliphatic carbocycles. The smallest absolute Gasteiger partial charge is 0.247 e. The van der Waals surface area contributed by atoms with Crippen molar-refractivity contribution in [2.75, 3.05) is 17.3 Å². The van der Waals surface area contributed by atoms with Gasteiger partial charge in [0.05, 0.1) is 5.69 Å². The SMILES string of the molecule is O=C(CNn1cnnc1)Nc1nc2c(s1)CCCCCCCCCC2. The van der Waals surface area contributed by atoms with Crippen molar-refractivity contribution in [3.8, 4) is 0 Å². The first kappa shape index (κ1) is 17.8. The highest BCUT2D eigenvalue weighted by Crippen LogP contribution is 2.27. The first-order valence-electron chi connectivity index (χ1n) is 9.18. The third kappa shape index (κ3) is 5.81. The summed E-state index contributed by atoms with van der Waals surface area (Å²) in [6.45, 7) is 0.155. The molecule has 136 valence electrons. The normalized spacial score (nSPS) is 16.3. The summed E-state index contributed by atoms with van der Waals surface area (Å²) in [5.74, 6) is -0.113. The van der Waals surface area contributed by atoms with Gasteiger partial charge in [-0.1, -0.05) is 38.5 Å². The van der Waals surface area contributed by atoms with Crippen molar-refractivity contribution in [3.05, 3.63) is 23.2 Å². The van der Waals surface area contributed by atoms with Crippen LogP contribution in [0, 0.1) is 0 Å². The van der Waals surface area contributed by atoms with E-state index >= 15 is 0 Å². The zero-order chi connectivity index (χ0) is 17.3. The summed E-state index contributed by atoms with van der Waals surface area (Å²) in [7, 11) is 0. The molecule has 0 atom stereocenters. The number of rotatable bonds is 4. The molecular formula is C17H26N6OS. The number of amides is 1. The standard InChI is InChI=1S/C17H26N6OS/c24-16(11-20-23-12-18-19-13-23)22-17-21-14-9-7-5-3-1-2-4-6-8-10-15(14)25-17/h12-13,20H,1-11H2,(H,21,22,24). The van der Waals surface area contributed by atoms with Gasteiger partial charge in [-0.3, -0.25) is 4.79 Å². The highest BCUT2D eigenvalue weighted by molar-refractivity contribution is 7.15. The van der Waals surface area contributed by atoms with E-state index in [0.29, 0.717) is 0 Å². The zero-order valence-corrected chi connectivity index (χ0v) is 15.4. The molecular weight excluding hydrogens is 336 g/mol. The monoisotopic (exact) mass is 362 g/mol. The van der Waals surface area contributed by atoms with Crippen molar-refractivity contribution >= 4 is 22.4 Å². The average Bonchev–Trinajstić information content (AvgIpc) is 3.23. The lowest BCUT2D eigenvalue weighted by atomic mass is 10.0. The second kappa shape index (κ2) is 9.50. The number of nitrogens with zero attached hydrogens (tertiary/aromatic N) is 4. The van der Waals surface area contributed by atoms with Crippen LogP contribution in [-0.2, 0) is 17.6 Å². The molecule has 0 saturated carbocycles. The topological polar surface area (TPSA) is 84.7 Å². The number of thiazole rings is 1. The van der Waals surface area contributed by atoms with Crippen LogP contribution in [0.3, 0.4) is 0 Å². The molecule has 0 radical (unpaired) electrons. The molecule has 2 aromatic rings. The Morgan fingerprint density at radius 3 is 2.36 bits per heavy atom. The van der Waals surface area contributed by atoms with Crippen molar-refractivity contribution in [2.45, 2.75) is 64.2 Å². The average molecular weight is 363 g/mol. The van der Waals surface area contributed by atoms with E-state index in [9.17, 15) is 4.79 Å². The summed E-state index contributed by atoms with van der Waals surface area (Å²) in [5, 5.41) is 11.0. The van der Waals surface area contributed by atoms with Gasteiger partial charge in [-0.05, 0) is 25.7 Å². The van der Waals surface area contributed by atoms with Gasteiger partial charge >= 0.3 is 0 Å². The quantitative estimate of drug-likeness (QED) is 0.873. The first-order valence-corrected chi connectivity index (χ1v) is 10.00. The van der Waals surface area contributed by atoms with Gasteiger partial charge in [-0.25, -0.2) is 9.66 Å². The van der Waals surface area contributed by atoms with Gasteiger partial charge in [-0.2, -0.15) is 0 Å². The van der Waals surface area contributed by atoms with E-state index in [4.69, 9.17) is 4.98 Å². The number of carbonyl (C=O) groups excluding carboxylic acids is 1.